The zero-order chi connectivity index (χ0) is 13.6. The van der Waals surface area contributed by atoms with Crippen LogP contribution >= 0.6 is 0 Å². The van der Waals surface area contributed by atoms with Gasteiger partial charge in [0.05, 0.1) is 12.7 Å². The SMILES string of the molecule is CCCCCCOCC(O)CNC(CC)CCO. The highest BCUT2D eigenvalue weighted by Gasteiger charge is 2.08. The summed E-state index contributed by atoms with van der Waals surface area (Å²) in [5.74, 6) is 0. The van der Waals surface area contributed by atoms with E-state index in [2.05, 4.69) is 19.2 Å². The van der Waals surface area contributed by atoms with E-state index in [0.717, 1.165) is 25.9 Å². The van der Waals surface area contributed by atoms with Gasteiger partial charge in [-0.25, -0.2) is 0 Å². The third-order valence-electron chi connectivity index (χ3n) is 3.06. The van der Waals surface area contributed by atoms with Crippen molar-refractivity contribution < 1.29 is 14.9 Å². The maximum absolute atomic E-state index is 9.71. The van der Waals surface area contributed by atoms with Crippen LogP contribution < -0.4 is 5.32 Å². The van der Waals surface area contributed by atoms with Crippen molar-refractivity contribution in [2.45, 2.75) is 64.5 Å². The highest BCUT2D eigenvalue weighted by molar-refractivity contribution is 4.67. The molecule has 4 nitrogen and oxygen atoms in total. The van der Waals surface area contributed by atoms with Crippen molar-refractivity contribution in [2.24, 2.45) is 0 Å². The molecule has 0 aliphatic rings. The van der Waals surface area contributed by atoms with Gasteiger partial charge in [-0.15, -0.1) is 0 Å². The molecule has 2 unspecified atom stereocenters. The van der Waals surface area contributed by atoms with E-state index in [9.17, 15) is 5.11 Å². The Bertz CT molecular complexity index is 167. The van der Waals surface area contributed by atoms with Gasteiger partial charge >= 0.3 is 0 Å². The molecule has 3 N–H and O–H groups in total. The lowest BCUT2D eigenvalue weighted by atomic mass is 10.1. The molecule has 2 atom stereocenters. The largest absolute Gasteiger partial charge is 0.396 e. The van der Waals surface area contributed by atoms with Crippen LogP contribution in [0.5, 0.6) is 0 Å². The van der Waals surface area contributed by atoms with Crippen molar-refractivity contribution in [3.8, 4) is 0 Å². The first-order chi connectivity index (χ1) is 8.74. The van der Waals surface area contributed by atoms with E-state index in [1.807, 2.05) is 0 Å². The number of aliphatic hydroxyl groups is 2. The number of hydrogen-bond acceptors (Lipinski definition) is 4. The van der Waals surface area contributed by atoms with E-state index >= 15 is 0 Å². The Balaban J connectivity index is 3.38. The monoisotopic (exact) mass is 261 g/mol. The average Bonchev–Trinajstić information content (AvgIpc) is 2.38. The Morgan fingerprint density at radius 1 is 1.17 bits per heavy atom. The first kappa shape index (κ1) is 17.8. The minimum atomic E-state index is -0.455. The second-order valence-electron chi connectivity index (χ2n) is 4.82. The number of nitrogens with one attached hydrogen (secondary N) is 1. The van der Waals surface area contributed by atoms with Crippen molar-refractivity contribution in [1.82, 2.24) is 5.32 Å². The van der Waals surface area contributed by atoms with Crippen LogP contribution in [0.2, 0.25) is 0 Å². The van der Waals surface area contributed by atoms with Gasteiger partial charge in [-0.2, -0.15) is 0 Å². The Kier molecular flexibility index (Phi) is 13.2. The first-order valence-corrected chi connectivity index (χ1v) is 7.34. The minimum Gasteiger partial charge on any atom is -0.396 e. The van der Waals surface area contributed by atoms with Gasteiger partial charge in [-0.3, -0.25) is 0 Å². The molecular weight excluding hydrogens is 230 g/mol. The molecule has 0 saturated carbocycles. The highest BCUT2D eigenvalue weighted by Crippen LogP contribution is 2.00. The number of unbranched alkanes of at least 4 members (excludes halogenated alkanes) is 3. The van der Waals surface area contributed by atoms with E-state index in [-0.39, 0.29) is 12.6 Å². The van der Waals surface area contributed by atoms with Crippen LogP contribution in [0, 0.1) is 0 Å². The fraction of sp³-hybridized carbons (Fsp3) is 1.00. The molecule has 0 radical (unpaired) electrons. The Morgan fingerprint density at radius 2 is 1.94 bits per heavy atom. The summed E-state index contributed by atoms with van der Waals surface area (Å²) >= 11 is 0. The molecule has 0 fully saturated rings. The van der Waals surface area contributed by atoms with Gasteiger partial charge in [0.2, 0.25) is 0 Å². The molecule has 0 aromatic rings. The molecule has 18 heavy (non-hydrogen) atoms. The summed E-state index contributed by atoms with van der Waals surface area (Å²) in [4.78, 5) is 0. The fourth-order valence-electron chi connectivity index (χ4n) is 1.82. The molecule has 0 aliphatic carbocycles. The summed E-state index contributed by atoms with van der Waals surface area (Å²) in [5, 5.41) is 21.8. The predicted molar refractivity (Wildman–Crippen MR) is 74.8 cm³/mol. The summed E-state index contributed by atoms with van der Waals surface area (Å²) in [6, 6.07) is 0.286. The average molecular weight is 261 g/mol. The van der Waals surface area contributed by atoms with Gasteiger partial charge < -0.3 is 20.3 Å². The molecule has 0 spiro atoms. The van der Waals surface area contributed by atoms with Crippen LogP contribution in [0.15, 0.2) is 0 Å². The quantitative estimate of drug-likeness (QED) is 0.442. The van der Waals surface area contributed by atoms with Crippen LogP contribution in [0.3, 0.4) is 0 Å². The molecule has 0 aliphatic heterocycles. The Morgan fingerprint density at radius 3 is 2.56 bits per heavy atom. The zero-order valence-electron chi connectivity index (χ0n) is 12.0. The smallest absolute Gasteiger partial charge is 0.0897 e. The van der Waals surface area contributed by atoms with Gasteiger partial charge in [-0.1, -0.05) is 33.1 Å². The zero-order valence-corrected chi connectivity index (χ0v) is 12.0. The minimum absolute atomic E-state index is 0.190. The van der Waals surface area contributed by atoms with Crippen molar-refractivity contribution >= 4 is 0 Å². The lowest BCUT2D eigenvalue weighted by molar-refractivity contribution is 0.0336. The second kappa shape index (κ2) is 13.3. The van der Waals surface area contributed by atoms with Gasteiger partial charge in [-0.05, 0) is 19.3 Å². The van der Waals surface area contributed by atoms with E-state index in [0.29, 0.717) is 13.2 Å². The number of hydrogen-bond donors (Lipinski definition) is 3. The predicted octanol–water partition coefficient (Wildman–Crippen LogP) is 1.69. The summed E-state index contributed by atoms with van der Waals surface area (Å²) in [5.41, 5.74) is 0. The van der Waals surface area contributed by atoms with E-state index in [1.165, 1.54) is 19.3 Å². The Labute approximate surface area is 112 Å². The van der Waals surface area contributed by atoms with Crippen LogP contribution in [-0.2, 0) is 4.74 Å². The second-order valence-corrected chi connectivity index (χ2v) is 4.82. The Hall–Kier alpha value is -0.160. The maximum atomic E-state index is 9.71. The summed E-state index contributed by atoms with van der Waals surface area (Å²) < 4.78 is 5.43. The molecule has 4 heteroatoms. The van der Waals surface area contributed by atoms with E-state index in [4.69, 9.17) is 9.84 Å². The third-order valence-corrected chi connectivity index (χ3v) is 3.06. The number of ether oxygens (including phenoxy) is 1. The van der Waals surface area contributed by atoms with Gasteiger partial charge in [0.1, 0.15) is 0 Å². The molecule has 0 amide bonds. The van der Waals surface area contributed by atoms with Gasteiger partial charge in [0.25, 0.3) is 0 Å². The molecule has 110 valence electrons. The van der Waals surface area contributed by atoms with Crippen LogP contribution in [0.4, 0.5) is 0 Å². The standard InChI is InChI=1S/C14H31NO3/c1-3-5-6-7-10-18-12-14(17)11-15-13(4-2)8-9-16/h13-17H,3-12H2,1-2H3. The van der Waals surface area contributed by atoms with Crippen molar-refractivity contribution in [2.75, 3.05) is 26.4 Å². The van der Waals surface area contributed by atoms with Crippen molar-refractivity contribution in [3.05, 3.63) is 0 Å². The van der Waals surface area contributed by atoms with Gasteiger partial charge in [0.15, 0.2) is 0 Å². The number of rotatable bonds is 13. The summed E-state index contributed by atoms with van der Waals surface area (Å²) in [7, 11) is 0. The maximum Gasteiger partial charge on any atom is 0.0897 e. The van der Waals surface area contributed by atoms with Crippen LogP contribution in [0.25, 0.3) is 0 Å². The van der Waals surface area contributed by atoms with Crippen LogP contribution in [-0.4, -0.2) is 48.7 Å². The molecular formula is C14H31NO3. The summed E-state index contributed by atoms with van der Waals surface area (Å²) in [6.07, 6.45) is 6.02. The topological polar surface area (TPSA) is 61.7 Å². The first-order valence-electron chi connectivity index (χ1n) is 7.34. The van der Waals surface area contributed by atoms with Crippen LogP contribution in [0.1, 0.15) is 52.4 Å². The van der Waals surface area contributed by atoms with E-state index in [1.54, 1.807) is 0 Å². The molecule has 0 aromatic heterocycles. The molecule has 0 aromatic carbocycles. The highest BCUT2D eigenvalue weighted by atomic mass is 16.5. The summed E-state index contributed by atoms with van der Waals surface area (Å²) in [6.45, 7) is 6.12. The van der Waals surface area contributed by atoms with E-state index < -0.39 is 6.10 Å². The van der Waals surface area contributed by atoms with Gasteiger partial charge in [0, 0.05) is 25.8 Å². The fourth-order valence-corrected chi connectivity index (χ4v) is 1.82. The lowest BCUT2D eigenvalue weighted by Gasteiger charge is -2.18. The molecule has 0 bridgehead atoms. The molecule has 0 rings (SSSR count). The van der Waals surface area contributed by atoms with Crippen molar-refractivity contribution in [3.63, 3.8) is 0 Å². The molecule has 0 saturated heterocycles. The number of aliphatic hydroxyl groups excluding tert-OH is 2. The molecule has 0 heterocycles. The third kappa shape index (κ3) is 11.0. The van der Waals surface area contributed by atoms with Crippen molar-refractivity contribution in [1.29, 1.82) is 0 Å². The lowest BCUT2D eigenvalue weighted by Crippen LogP contribution is -2.37. The normalized spacial score (nSPS) is 14.7.